The Morgan fingerprint density at radius 1 is 1.21 bits per heavy atom. The Bertz CT molecular complexity index is 435. The van der Waals surface area contributed by atoms with Crippen LogP contribution in [0.5, 0.6) is 0 Å². The van der Waals surface area contributed by atoms with Gasteiger partial charge in [-0.3, -0.25) is 4.79 Å². The van der Waals surface area contributed by atoms with Crippen LogP contribution in [0.4, 0.5) is 4.79 Å². The Labute approximate surface area is 115 Å². The molecular formula is C15H25NO3. The van der Waals surface area contributed by atoms with Gasteiger partial charge in [0.2, 0.25) is 0 Å². The van der Waals surface area contributed by atoms with E-state index in [2.05, 4.69) is 19.2 Å². The average Bonchev–Trinajstić information content (AvgIpc) is 2.44. The molecule has 0 aromatic carbocycles. The van der Waals surface area contributed by atoms with Gasteiger partial charge in [-0.1, -0.05) is 20.8 Å². The zero-order chi connectivity index (χ0) is 14.7. The second kappa shape index (κ2) is 3.74. The molecule has 0 spiro atoms. The third-order valence-electron chi connectivity index (χ3n) is 5.45. The second-order valence-electron chi connectivity index (χ2n) is 7.77. The molecule has 1 amide bonds. The van der Waals surface area contributed by atoms with Crippen LogP contribution >= 0.6 is 0 Å². The summed E-state index contributed by atoms with van der Waals surface area (Å²) in [6.07, 6.45) is 1.70. The van der Waals surface area contributed by atoms with Gasteiger partial charge in [-0.25, -0.2) is 4.79 Å². The lowest BCUT2D eigenvalue weighted by molar-refractivity contribution is -0.128. The van der Waals surface area contributed by atoms with Crippen LogP contribution in [0.2, 0.25) is 0 Å². The van der Waals surface area contributed by atoms with E-state index in [1.165, 1.54) is 0 Å². The number of rotatable bonds is 1. The van der Waals surface area contributed by atoms with Crippen LogP contribution in [0.15, 0.2) is 0 Å². The van der Waals surface area contributed by atoms with Gasteiger partial charge < -0.3 is 10.1 Å². The highest BCUT2D eigenvalue weighted by Crippen LogP contribution is 2.65. The third-order valence-corrected chi connectivity index (χ3v) is 5.45. The number of carbonyl (C=O) groups is 2. The molecule has 0 saturated heterocycles. The monoisotopic (exact) mass is 267 g/mol. The van der Waals surface area contributed by atoms with Gasteiger partial charge in [-0.15, -0.1) is 0 Å². The number of ether oxygens (including phenoxy) is 1. The standard InChI is InChI=1S/C15H25NO3/c1-12(2,3)19-11(18)16-15-8-7-14(6,10(17)9-15)13(15,4)5/h7-9H2,1-6H3,(H,16,18)/t14-,15+/m1/s1. The van der Waals surface area contributed by atoms with Crippen LogP contribution in [0.25, 0.3) is 0 Å². The molecule has 2 rings (SSSR count). The van der Waals surface area contributed by atoms with Crippen molar-refractivity contribution in [1.29, 1.82) is 0 Å². The molecule has 4 nitrogen and oxygen atoms in total. The zero-order valence-corrected chi connectivity index (χ0v) is 12.8. The first kappa shape index (κ1) is 14.4. The SMILES string of the molecule is CC(C)(C)OC(=O)N[C@@]12CC[C@](C)(C(=O)C1)C2(C)C. The predicted molar refractivity (Wildman–Crippen MR) is 72.8 cm³/mol. The molecule has 0 unspecified atom stereocenters. The first-order valence-electron chi connectivity index (χ1n) is 6.98. The number of Topliss-reactive ketones (excluding diaryl/α,β-unsaturated/α-hetero) is 1. The van der Waals surface area contributed by atoms with Crippen molar-refractivity contribution in [3.63, 3.8) is 0 Å². The van der Waals surface area contributed by atoms with Gasteiger partial charge in [0.1, 0.15) is 11.4 Å². The number of alkyl carbamates (subject to hydrolysis) is 1. The summed E-state index contributed by atoms with van der Waals surface area (Å²) in [4.78, 5) is 24.3. The van der Waals surface area contributed by atoms with Crippen molar-refractivity contribution in [2.75, 3.05) is 0 Å². The normalized spacial score (nSPS) is 36.4. The van der Waals surface area contributed by atoms with Gasteiger partial charge in [0.05, 0.1) is 5.54 Å². The molecule has 2 fully saturated rings. The number of hydrogen-bond donors (Lipinski definition) is 1. The van der Waals surface area contributed by atoms with Crippen molar-refractivity contribution in [1.82, 2.24) is 5.32 Å². The molecule has 2 aliphatic carbocycles. The van der Waals surface area contributed by atoms with Crippen LogP contribution in [-0.4, -0.2) is 23.0 Å². The van der Waals surface area contributed by atoms with Gasteiger partial charge >= 0.3 is 6.09 Å². The predicted octanol–water partition coefficient (Wildman–Crippen LogP) is 3.05. The summed E-state index contributed by atoms with van der Waals surface area (Å²) in [5.74, 6) is 0.264. The lowest BCUT2D eigenvalue weighted by Gasteiger charge is -2.40. The van der Waals surface area contributed by atoms with Crippen LogP contribution in [0.3, 0.4) is 0 Å². The smallest absolute Gasteiger partial charge is 0.408 e. The van der Waals surface area contributed by atoms with Gasteiger partial charge in [0.25, 0.3) is 0 Å². The molecule has 0 aliphatic heterocycles. The van der Waals surface area contributed by atoms with Crippen LogP contribution < -0.4 is 5.32 Å². The molecule has 19 heavy (non-hydrogen) atoms. The lowest BCUT2D eigenvalue weighted by atomic mass is 9.68. The first-order chi connectivity index (χ1) is 8.44. The maximum Gasteiger partial charge on any atom is 0.408 e. The highest BCUT2D eigenvalue weighted by atomic mass is 16.6. The summed E-state index contributed by atoms with van der Waals surface area (Å²) in [7, 11) is 0. The lowest BCUT2D eigenvalue weighted by Crippen LogP contribution is -2.55. The summed E-state index contributed by atoms with van der Waals surface area (Å²) in [5, 5.41) is 3.00. The van der Waals surface area contributed by atoms with Crippen molar-refractivity contribution in [3.05, 3.63) is 0 Å². The van der Waals surface area contributed by atoms with E-state index in [4.69, 9.17) is 4.74 Å². The fraction of sp³-hybridized carbons (Fsp3) is 0.867. The summed E-state index contributed by atoms with van der Waals surface area (Å²) in [5.41, 5.74) is -1.51. The van der Waals surface area contributed by atoms with Crippen molar-refractivity contribution < 1.29 is 14.3 Å². The minimum Gasteiger partial charge on any atom is -0.444 e. The molecule has 0 radical (unpaired) electrons. The molecule has 4 heteroatoms. The number of fused-ring (bicyclic) bond motifs is 2. The fourth-order valence-corrected chi connectivity index (χ4v) is 3.64. The number of amides is 1. The highest BCUT2D eigenvalue weighted by Gasteiger charge is 2.70. The van der Waals surface area contributed by atoms with E-state index in [1.807, 2.05) is 27.7 Å². The summed E-state index contributed by atoms with van der Waals surface area (Å²) < 4.78 is 5.35. The first-order valence-corrected chi connectivity index (χ1v) is 6.98. The molecular weight excluding hydrogens is 242 g/mol. The van der Waals surface area contributed by atoms with Crippen molar-refractivity contribution in [3.8, 4) is 0 Å². The number of carbonyl (C=O) groups excluding carboxylic acids is 2. The molecule has 0 aromatic heterocycles. The molecule has 0 aromatic rings. The minimum atomic E-state index is -0.518. The molecule has 2 aliphatic rings. The van der Waals surface area contributed by atoms with E-state index in [-0.39, 0.29) is 16.6 Å². The Morgan fingerprint density at radius 3 is 2.16 bits per heavy atom. The largest absolute Gasteiger partial charge is 0.444 e. The second-order valence-corrected chi connectivity index (χ2v) is 7.77. The van der Waals surface area contributed by atoms with E-state index < -0.39 is 17.2 Å². The van der Waals surface area contributed by atoms with Gasteiger partial charge in [-0.2, -0.15) is 0 Å². The fourth-order valence-electron chi connectivity index (χ4n) is 3.64. The van der Waals surface area contributed by atoms with Crippen LogP contribution in [-0.2, 0) is 9.53 Å². The van der Waals surface area contributed by atoms with Gasteiger partial charge in [0.15, 0.2) is 0 Å². The van der Waals surface area contributed by atoms with E-state index in [9.17, 15) is 9.59 Å². The van der Waals surface area contributed by atoms with E-state index in [1.54, 1.807) is 0 Å². The van der Waals surface area contributed by atoms with E-state index >= 15 is 0 Å². The Kier molecular flexibility index (Phi) is 2.82. The van der Waals surface area contributed by atoms with Gasteiger partial charge in [-0.05, 0) is 33.6 Å². The van der Waals surface area contributed by atoms with E-state index in [0.29, 0.717) is 6.42 Å². The summed E-state index contributed by atoms with van der Waals surface area (Å²) in [6, 6.07) is 0. The van der Waals surface area contributed by atoms with Crippen LogP contribution in [0, 0.1) is 10.8 Å². The maximum atomic E-state index is 12.3. The van der Waals surface area contributed by atoms with Crippen molar-refractivity contribution >= 4 is 11.9 Å². The molecule has 0 heterocycles. The molecule has 2 bridgehead atoms. The number of ketones is 1. The minimum absolute atomic E-state index is 0.228. The van der Waals surface area contributed by atoms with Crippen molar-refractivity contribution in [2.45, 2.75) is 71.9 Å². The third kappa shape index (κ3) is 1.87. The van der Waals surface area contributed by atoms with Crippen molar-refractivity contribution in [2.24, 2.45) is 10.8 Å². The molecule has 1 N–H and O–H groups in total. The molecule has 2 saturated carbocycles. The number of hydrogen-bond acceptors (Lipinski definition) is 3. The highest BCUT2D eigenvalue weighted by molar-refractivity contribution is 5.92. The van der Waals surface area contributed by atoms with Gasteiger partial charge in [0, 0.05) is 17.3 Å². The Balaban J connectivity index is 2.21. The summed E-state index contributed by atoms with van der Waals surface area (Å²) >= 11 is 0. The quantitative estimate of drug-likeness (QED) is 0.794. The van der Waals surface area contributed by atoms with E-state index in [0.717, 1.165) is 12.8 Å². The zero-order valence-electron chi connectivity index (χ0n) is 12.8. The topological polar surface area (TPSA) is 55.4 Å². The Hall–Kier alpha value is -1.06. The van der Waals surface area contributed by atoms with Crippen LogP contribution in [0.1, 0.15) is 60.8 Å². The average molecular weight is 267 g/mol. The molecule has 2 atom stereocenters. The maximum absolute atomic E-state index is 12.3. The number of nitrogens with one attached hydrogen (secondary N) is 1. The molecule has 108 valence electrons. The Morgan fingerprint density at radius 2 is 1.79 bits per heavy atom. The summed E-state index contributed by atoms with van der Waals surface area (Å²) in [6.45, 7) is 11.7.